The molecule has 1 heterocycles. The Morgan fingerprint density at radius 2 is 2.16 bits per heavy atom. The summed E-state index contributed by atoms with van der Waals surface area (Å²) in [5.74, 6) is 0. The Balaban J connectivity index is 2.22. The molecule has 0 aliphatic rings. The molecule has 2 aromatic rings. The summed E-state index contributed by atoms with van der Waals surface area (Å²) in [6.07, 6.45) is 1.76. The van der Waals surface area contributed by atoms with E-state index < -0.39 is 0 Å². The fourth-order valence-corrected chi connectivity index (χ4v) is 2.68. The van der Waals surface area contributed by atoms with Gasteiger partial charge >= 0.3 is 0 Å². The second-order valence-corrected chi connectivity index (χ2v) is 5.72. The van der Waals surface area contributed by atoms with Crippen LogP contribution >= 0.6 is 15.9 Å². The first kappa shape index (κ1) is 14.3. The van der Waals surface area contributed by atoms with Crippen LogP contribution in [0.5, 0.6) is 0 Å². The van der Waals surface area contributed by atoms with Crippen molar-refractivity contribution in [1.82, 2.24) is 9.78 Å². The summed E-state index contributed by atoms with van der Waals surface area (Å²) in [7, 11) is 1.98. The van der Waals surface area contributed by atoms with Crippen molar-refractivity contribution in [2.45, 2.75) is 32.7 Å². The van der Waals surface area contributed by atoms with Crippen molar-refractivity contribution in [3.8, 4) is 0 Å². The summed E-state index contributed by atoms with van der Waals surface area (Å²) in [5, 5.41) is 4.47. The maximum Gasteiger partial charge on any atom is 0.0624 e. The summed E-state index contributed by atoms with van der Waals surface area (Å²) in [5.41, 5.74) is 11.1. The molecule has 0 bridgehead atoms. The van der Waals surface area contributed by atoms with Crippen LogP contribution in [0.1, 0.15) is 35.5 Å². The van der Waals surface area contributed by atoms with Crippen molar-refractivity contribution in [2.24, 2.45) is 12.8 Å². The molecule has 102 valence electrons. The Kier molecular flexibility index (Phi) is 4.42. The molecular formula is C15H20BrN3. The summed E-state index contributed by atoms with van der Waals surface area (Å²) in [6.45, 7) is 4.21. The normalized spacial score (nSPS) is 12.7. The van der Waals surface area contributed by atoms with Gasteiger partial charge in [-0.1, -0.05) is 35.0 Å². The first-order chi connectivity index (χ1) is 9.02. The van der Waals surface area contributed by atoms with E-state index in [0.717, 1.165) is 23.0 Å². The summed E-state index contributed by atoms with van der Waals surface area (Å²) in [6, 6.07) is 8.32. The van der Waals surface area contributed by atoms with Gasteiger partial charge in [0.1, 0.15) is 0 Å². The molecule has 4 heteroatoms. The van der Waals surface area contributed by atoms with Crippen molar-refractivity contribution in [3.63, 3.8) is 0 Å². The molecule has 19 heavy (non-hydrogen) atoms. The van der Waals surface area contributed by atoms with Gasteiger partial charge in [-0.3, -0.25) is 4.68 Å². The molecule has 2 N–H and O–H groups in total. The lowest BCUT2D eigenvalue weighted by Gasteiger charge is -2.15. The number of halogens is 1. The quantitative estimate of drug-likeness (QED) is 0.939. The Hall–Kier alpha value is -1.13. The van der Waals surface area contributed by atoms with Gasteiger partial charge in [-0.15, -0.1) is 0 Å². The number of rotatable bonds is 4. The van der Waals surface area contributed by atoms with E-state index in [1.54, 1.807) is 0 Å². The van der Waals surface area contributed by atoms with Crippen molar-refractivity contribution in [2.75, 3.05) is 0 Å². The Morgan fingerprint density at radius 3 is 2.79 bits per heavy atom. The number of hydrogen-bond acceptors (Lipinski definition) is 2. The highest BCUT2D eigenvalue weighted by atomic mass is 79.9. The van der Waals surface area contributed by atoms with E-state index in [1.807, 2.05) is 23.9 Å². The number of benzene rings is 1. The van der Waals surface area contributed by atoms with E-state index in [2.05, 4.69) is 47.0 Å². The number of nitrogens with zero attached hydrogens (tertiary/aromatic N) is 2. The fraction of sp³-hybridized carbons (Fsp3) is 0.400. The lowest BCUT2D eigenvalue weighted by Crippen LogP contribution is -2.16. The maximum absolute atomic E-state index is 6.35. The number of aromatic nitrogens is 2. The Labute approximate surface area is 122 Å². The largest absolute Gasteiger partial charge is 0.324 e. The monoisotopic (exact) mass is 321 g/mol. The Morgan fingerprint density at radius 1 is 1.42 bits per heavy atom. The minimum absolute atomic E-state index is 0.00222. The highest BCUT2D eigenvalue weighted by Gasteiger charge is 2.14. The first-order valence-electron chi connectivity index (χ1n) is 6.55. The second-order valence-electron chi connectivity index (χ2n) is 4.87. The molecule has 0 aliphatic carbocycles. The zero-order chi connectivity index (χ0) is 14.0. The van der Waals surface area contributed by atoms with Gasteiger partial charge in [0.25, 0.3) is 0 Å². The molecule has 0 fully saturated rings. The van der Waals surface area contributed by atoms with Gasteiger partial charge in [0.2, 0.25) is 0 Å². The highest BCUT2D eigenvalue weighted by Crippen LogP contribution is 2.25. The van der Waals surface area contributed by atoms with Gasteiger partial charge in [0.15, 0.2) is 0 Å². The SMILES string of the molecule is CCc1cc(CC(N)c2cccc(Br)c2C)n(C)n1. The van der Waals surface area contributed by atoms with E-state index in [1.165, 1.54) is 16.8 Å². The molecule has 0 saturated carbocycles. The van der Waals surface area contributed by atoms with Crippen molar-refractivity contribution in [3.05, 3.63) is 51.3 Å². The van der Waals surface area contributed by atoms with E-state index >= 15 is 0 Å². The van der Waals surface area contributed by atoms with Crippen molar-refractivity contribution < 1.29 is 0 Å². The van der Waals surface area contributed by atoms with Crippen LogP contribution < -0.4 is 5.73 Å². The van der Waals surface area contributed by atoms with E-state index in [4.69, 9.17) is 5.73 Å². The van der Waals surface area contributed by atoms with Crippen LogP contribution in [0.2, 0.25) is 0 Å². The molecule has 0 saturated heterocycles. The van der Waals surface area contributed by atoms with Crippen LogP contribution in [0.4, 0.5) is 0 Å². The molecule has 1 aromatic heterocycles. The summed E-state index contributed by atoms with van der Waals surface area (Å²) >= 11 is 3.56. The van der Waals surface area contributed by atoms with Crippen LogP contribution in [0, 0.1) is 6.92 Å². The van der Waals surface area contributed by atoms with Gasteiger partial charge in [0.05, 0.1) is 5.69 Å². The number of nitrogens with two attached hydrogens (primary N) is 1. The van der Waals surface area contributed by atoms with Crippen LogP contribution in [0.25, 0.3) is 0 Å². The third-order valence-electron chi connectivity index (χ3n) is 3.53. The predicted octanol–water partition coefficient (Wildman–Crippen LogP) is 3.30. The molecule has 1 atom stereocenters. The molecule has 1 aromatic carbocycles. The molecule has 0 radical (unpaired) electrons. The topological polar surface area (TPSA) is 43.8 Å². The lowest BCUT2D eigenvalue weighted by molar-refractivity contribution is 0.636. The first-order valence-corrected chi connectivity index (χ1v) is 7.34. The Bertz CT molecular complexity index is 575. The van der Waals surface area contributed by atoms with Gasteiger partial charge in [-0.25, -0.2) is 0 Å². The smallest absolute Gasteiger partial charge is 0.0624 e. The van der Waals surface area contributed by atoms with Crippen LogP contribution in [0.3, 0.4) is 0 Å². The summed E-state index contributed by atoms with van der Waals surface area (Å²) in [4.78, 5) is 0. The molecule has 2 rings (SSSR count). The van der Waals surface area contributed by atoms with E-state index in [-0.39, 0.29) is 6.04 Å². The highest BCUT2D eigenvalue weighted by molar-refractivity contribution is 9.10. The fourth-order valence-electron chi connectivity index (χ4n) is 2.30. The zero-order valence-corrected chi connectivity index (χ0v) is 13.2. The molecule has 0 amide bonds. The third-order valence-corrected chi connectivity index (χ3v) is 4.39. The number of aryl methyl sites for hydroxylation is 2. The minimum Gasteiger partial charge on any atom is -0.324 e. The van der Waals surface area contributed by atoms with Gasteiger partial charge < -0.3 is 5.73 Å². The molecule has 0 spiro atoms. The van der Waals surface area contributed by atoms with Crippen LogP contribution in [0.15, 0.2) is 28.7 Å². The minimum atomic E-state index is -0.00222. The van der Waals surface area contributed by atoms with Crippen molar-refractivity contribution in [1.29, 1.82) is 0 Å². The van der Waals surface area contributed by atoms with Gasteiger partial charge in [0, 0.05) is 29.7 Å². The predicted molar refractivity (Wildman–Crippen MR) is 82.1 cm³/mol. The molecule has 0 aliphatic heterocycles. The molecule has 1 unspecified atom stereocenters. The third kappa shape index (κ3) is 3.07. The zero-order valence-electron chi connectivity index (χ0n) is 11.7. The average molecular weight is 322 g/mol. The van der Waals surface area contributed by atoms with Crippen LogP contribution in [-0.2, 0) is 19.9 Å². The standard InChI is InChI=1S/C15H20BrN3/c1-4-11-8-12(19(3)18-11)9-15(17)13-6-5-7-14(16)10(13)2/h5-8,15H,4,9,17H2,1-3H3. The lowest BCUT2D eigenvalue weighted by atomic mass is 9.98. The van der Waals surface area contributed by atoms with Crippen LogP contribution in [-0.4, -0.2) is 9.78 Å². The molecular weight excluding hydrogens is 302 g/mol. The average Bonchev–Trinajstić information content (AvgIpc) is 2.73. The summed E-state index contributed by atoms with van der Waals surface area (Å²) < 4.78 is 3.05. The van der Waals surface area contributed by atoms with Gasteiger partial charge in [-0.05, 0) is 36.6 Å². The van der Waals surface area contributed by atoms with Gasteiger partial charge in [-0.2, -0.15) is 5.10 Å². The van der Waals surface area contributed by atoms with E-state index in [0.29, 0.717) is 0 Å². The van der Waals surface area contributed by atoms with Crippen molar-refractivity contribution >= 4 is 15.9 Å². The maximum atomic E-state index is 6.35. The van der Waals surface area contributed by atoms with E-state index in [9.17, 15) is 0 Å². The molecule has 3 nitrogen and oxygen atoms in total. The number of hydrogen-bond donors (Lipinski definition) is 1. The second kappa shape index (κ2) is 5.88.